The molecule has 0 bridgehead atoms. The second kappa shape index (κ2) is 6.79. The van der Waals surface area contributed by atoms with Gasteiger partial charge in [-0.1, -0.05) is 44.5 Å². The molecule has 1 N–H and O–H groups in total. The van der Waals surface area contributed by atoms with Crippen molar-refractivity contribution in [2.24, 2.45) is 0 Å². The summed E-state index contributed by atoms with van der Waals surface area (Å²) in [5.74, 6) is 0.870. The lowest BCUT2D eigenvalue weighted by Crippen LogP contribution is -2.43. The van der Waals surface area contributed by atoms with E-state index in [1.54, 1.807) is 0 Å². The Kier molecular flexibility index (Phi) is 5.87. The van der Waals surface area contributed by atoms with Gasteiger partial charge in [0.2, 0.25) is 8.32 Å². The molecule has 1 aromatic rings. The van der Waals surface area contributed by atoms with Crippen LogP contribution in [0.5, 0.6) is 5.75 Å². The molecule has 0 atom stereocenters. The minimum atomic E-state index is -1.80. The zero-order valence-corrected chi connectivity index (χ0v) is 15.0. The minimum Gasteiger partial charge on any atom is -0.543 e. The Morgan fingerprint density at radius 3 is 2.50 bits per heavy atom. The molecular formula is C16H26ClNOSi. The van der Waals surface area contributed by atoms with Crippen LogP contribution in [-0.2, 0) is 6.54 Å². The lowest BCUT2D eigenvalue weighted by Gasteiger charge is -2.36. The first kappa shape index (κ1) is 17.3. The normalized spacial score (nSPS) is 12.3. The summed E-state index contributed by atoms with van der Waals surface area (Å²) in [5.41, 5.74) is 1.08. The molecule has 0 heterocycles. The van der Waals surface area contributed by atoms with Gasteiger partial charge < -0.3 is 9.74 Å². The predicted octanol–water partition coefficient (Wildman–Crippen LogP) is 5.00. The first-order chi connectivity index (χ1) is 9.17. The summed E-state index contributed by atoms with van der Waals surface area (Å²) in [5, 5.41) is 4.18. The van der Waals surface area contributed by atoms with Gasteiger partial charge in [0, 0.05) is 18.1 Å². The molecule has 0 fully saturated rings. The first-order valence-electron chi connectivity index (χ1n) is 6.96. The van der Waals surface area contributed by atoms with Crippen molar-refractivity contribution >= 4 is 19.9 Å². The molecule has 0 aromatic heterocycles. The number of benzene rings is 1. The summed E-state index contributed by atoms with van der Waals surface area (Å²) in [6.45, 7) is 16.4. The molecule has 0 amide bonds. The predicted molar refractivity (Wildman–Crippen MR) is 91.2 cm³/mol. The van der Waals surface area contributed by atoms with E-state index in [1.807, 2.05) is 24.3 Å². The van der Waals surface area contributed by atoms with Gasteiger partial charge in [0.05, 0.1) is 0 Å². The van der Waals surface area contributed by atoms with Gasteiger partial charge in [0.15, 0.2) is 0 Å². The second-order valence-electron chi connectivity index (χ2n) is 6.54. The standard InChI is InChI=1S/C16H26ClNOSi/c1-7-10-18-12-13-8-9-14(11-15(13)17)19-20(5,6)16(2,3)4/h7-9,11,18H,1,10,12H2,2-6H3. The van der Waals surface area contributed by atoms with Crippen molar-refractivity contribution < 1.29 is 4.43 Å². The van der Waals surface area contributed by atoms with Gasteiger partial charge in [-0.05, 0) is 35.8 Å². The molecule has 1 rings (SSSR count). The maximum Gasteiger partial charge on any atom is 0.250 e. The maximum absolute atomic E-state index is 6.32. The Morgan fingerprint density at radius 1 is 1.35 bits per heavy atom. The second-order valence-corrected chi connectivity index (χ2v) is 11.7. The van der Waals surface area contributed by atoms with Crippen LogP contribution in [0.2, 0.25) is 23.2 Å². The molecule has 4 heteroatoms. The van der Waals surface area contributed by atoms with E-state index >= 15 is 0 Å². The van der Waals surface area contributed by atoms with E-state index in [-0.39, 0.29) is 5.04 Å². The van der Waals surface area contributed by atoms with Gasteiger partial charge in [0.1, 0.15) is 5.75 Å². The number of rotatable bonds is 6. The Morgan fingerprint density at radius 2 is 2.00 bits per heavy atom. The molecule has 0 radical (unpaired) electrons. The largest absolute Gasteiger partial charge is 0.543 e. The van der Waals surface area contributed by atoms with E-state index in [0.29, 0.717) is 0 Å². The third-order valence-corrected chi connectivity index (χ3v) is 8.52. The Bertz CT molecular complexity index is 466. The highest BCUT2D eigenvalue weighted by Crippen LogP contribution is 2.38. The van der Waals surface area contributed by atoms with Crippen molar-refractivity contribution in [3.05, 3.63) is 41.4 Å². The van der Waals surface area contributed by atoms with Crippen molar-refractivity contribution in [3.63, 3.8) is 0 Å². The van der Waals surface area contributed by atoms with Crippen LogP contribution in [0.25, 0.3) is 0 Å². The number of halogens is 1. The van der Waals surface area contributed by atoms with Crippen LogP contribution in [-0.4, -0.2) is 14.9 Å². The lowest BCUT2D eigenvalue weighted by molar-refractivity contribution is 0.492. The maximum atomic E-state index is 6.32. The van der Waals surface area contributed by atoms with Crippen LogP contribution in [0.3, 0.4) is 0 Å². The first-order valence-corrected chi connectivity index (χ1v) is 10.2. The number of hydrogen-bond donors (Lipinski definition) is 1. The molecule has 112 valence electrons. The van der Waals surface area contributed by atoms with Gasteiger partial charge in [-0.15, -0.1) is 6.58 Å². The zero-order valence-electron chi connectivity index (χ0n) is 13.2. The van der Waals surface area contributed by atoms with E-state index in [1.165, 1.54) is 0 Å². The summed E-state index contributed by atoms with van der Waals surface area (Å²) in [6, 6.07) is 5.96. The minimum absolute atomic E-state index is 0.184. The van der Waals surface area contributed by atoms with Gasteiger partial charge in [-0.25, -0.2) is 0 Å². The summed E-state index contributed by atoms with van der Waals surface area (Å²) in [7, 11) is -1.80. The molecule has 20 heavy (non-hydrogen) atoms. The lowest BCUT2D eigenvalue weighted by atomic mass is 10.2. The molecule has 0 saturated heterocycles. The molecule has 0 aliphatic heterocycles. The molecular weight excluding hydrogens is 286 g/mol. The summed E-state index contributed by atoms with van der Waals surface area (Å²) in [6.07, 6.45) is 1.84. The van der Waals surface area contributed by atoms with Crippen LogP contribution in [0, 0.1) is 0 Å². The quantitative estimate of drug-likeness (QED) is 0.453. The monoisotopic (exact) mass is 311 g/mol. The van der Waals surface area contributed by atoms with Crippen LogP contribution in [0.4, 0.5) is 0 Å². The average molecular weight is 312 g/mol. The SMILES string of the molecule is C=CCNCc1ccc(O[Si](C)(C)C(C)(C)C)cc1Cl. The number of nitrogens with one attached hydrogen (secondary N) is 1. The molecule has 0 unspecified atom stereocenters. The Labute approximate surface area is 129 Å². The van der Waals surface area contributed by atoms with E-state index < -0.39 is 8.32 Å². The molecule has 2 nitrogen and oxygen atoms in total. The topological polar surface area (TPSA) is 21.3 Å². The highest BCUT2D eigenvalue weighted by atomic mass is 35.5. The molecule has 0 aliphatic rings. The fourth-order valence-electron chi connectivity index (χ4n) is 1.49. The molecule has 0 saturated carbocycles. The zero-order chi connectivity index (χ0) is 15.4. The highest BCUT2D eigenvalue weighted by Gasteiger charge is 2.38. The van der Waals surface area contributed by atoms with E-state index in [2.05, 4.69) is 45.8 Å². The van der Waals surface area contributed by atoms with Crippen molar-refractivity contribution in [2.45, 2.75) is 45.4 Å². The van der Waals surface area contributed by atoms with Gasteiger partial charge in [0.25, 0.3) is 0 Å². The summed E-state index contributed by atoms with van der Waals surface area (Å²) < 4.78 is 6.25. The van der Waals surface area contributed by atoms with Crippen molar-refractivity contribution in [1.82, 2.24) is 5.32 Å². The Hall–Kier alpha value is -0.773. The third kappa shape index (κ3) is 4.65. The van der Waals surface area contributed by atoms with E-state index in [0.717, 1.165) is 29.4 Å². The van der Waals surface area contributed by atoms with E-state index in [4.69, 9.17) is 16.0 Å². The van der Waals surface area contributed by atoms with Crippen molar-refractivity contribution in [3.8, 4) is 5.75 Å². The van der Waals surface area contributed by atoms with Crippen LogP contribution >= 0.6 is 11.6 Å². The fourth-order valence-corrected chi connectivity index (χ4v) is 2.75. The van der Waals surface area contributed by atoms with Gasteiger partial charge in [-0.3, -0.25) is 0 Å². The Balaban J connectivity index is 2.80. The molecule has 1 aromatic carbocycles. The fraction of sp³-hybridized carbons (Fsp3) is 0.500. The van der Waals surface area contributed by atoms with Gasteiger partial charge in [-0.2, -0.15) is 0 Å². The molecule has 0 aliphatic carbocycles. The number of hydrogen-bond acceptors (Lipinski definition) is 2. The third-order valence-electron chi connectivity index (χ3n) is 3.81. The average Bonchev–Trinajstić information content (AvgIpc) is 2.30. The smallest absolute Gasteiger partial charge is 0.250 e. The van der Waals surface area contributed by atoms with Crippen molar-refractivity contribution in [1.29, 1.82) is 0 Å². The summed E-state index contributed by atoms with van der Waals surface area (Å²) >= 11 is 6.32. The van der Waals surface area contributed by atoms with Gasteiger partial charge >= 0.3 is 0 Å². The molecule has 0 spiro atoms. The van der Waals surface area contributed by atoms with Crippen LogP contribution < -0.4 is 9.74 Å². The van der Waals surface area contributed by atoms with Crippen LogP contribution in [0.15, 0.2) is 30.9 Å². The summed E-state index contributed by atoms with van der Waals surface area (Å²) in [4.78, 5) is 0. The van der Waals surface area contributed by atoms with E-state index in [9.17, 15) is 0 Å². The van der Waals surface area contributed by atoms with Crippen LogP contribution in [0.1, 0.15) is 26.3 Å². The van der Waals surface area contributed by atoms with Crippen molar-refractivity contribution in [2.75, 3.05) is 6.54 Å². The highest BCUT2D eigenvalue weighted by molar-refractivity contribution is 6.74.